The monoisotopic (exact) mass is 247 g/mol. The Morgan fingerprint density at radius 3 is 2.11 bits per heavy atom. The highest BCUT2D eigenvalue weighted by Crippen LogP contribution is 2.09. The summed E-state index contributed by atoms with van der Waals surface area (Å²) >= 11 is 0. The van der Waals surface area contributed by atoms with Crippen molar-refractivity contribution in [1.29, 1.82) is 0 Å². The number of unbranched alkanes of at least 4 members (excludes halogenated alkanes) is 1. The third-order valence-corrected chi connectivity index (χ3v) is 3.57. The van der Waals surface area contributed by atoms with Gasteiger partial charge in [0.1, 0.15) is 0 Å². The molecule has 0 amide bonds. The van der Waals surface area contributed by atoms with Crippen LogP contribution in [0.3, 0.4) is 0 Å². The number of hydrogen-bond donors (Lipinski definition) is 1. The van der Waals surface area contributed by atoms with E-state index in [1.807, 2.05) is 0 Å². The molecule has 0 aliphatic rings. The number of aryl methyl sites for hydroxylation is 1. The topological polar surface area (TPSA) is 12.0 Å². The second-order valence-electron chi connectivity index (χ2n) is 5.18. The Kier molecular flexibility index (Phi) is 7.75. The molecule has 0 radical (unpaired) electrons. The van der Waals surface area contributed by atoms with E-state index in [4.69, 9.17) is 0 Å². The highest BCUT2D eigenvalue weighted by Gasteiger charge is 2.06. The number of hydrogen-bond acceptors (Lipinski definition) is 1. The van der Waals surface area contributed by atoms with E-state index < -0.39 is 0 Å². The molecular formula is C17H29N. The fourth-order valence-electron chi connectivity index (χ4n) is 2.30. The first-order valence-electron chi connectivity index (χ1n) is 7.61. The average Bonchev–Trinajstić information content (AvgIpc) is 2.42. The van der Waals surface area contributed by atoms with Crippen molar-refractivity contribution in [3.8, 4) is 0 Å². The molecule has 0 aliphatic carbocycles. The lowest BCUT2D eigenvalue weighted by atomic mass is 10.0. The fourth-order valence-corrected chi connectivity index (χ4v) is 2.30. The summed E-state index contributed by atoms with van der Waals surface area (Å²) in [6.45, 7) is 7.76. The Labute approximate surface area is 113 Å². The van der Waals surface area contributed by atoms with Gasteiger partial charge in [-0.1, -0.05) is 64.3 Å². The number of nitrogens with one attached hydrogen (secondary N) is 1. The van der Waals surface area contributed by atoms with Gasteiger partial charge in [0.05, 0.1) is 0 Å². The van der Waals surface area contributed by atoms with Gasteiger partial charge in [0, 0.05) is 12.6 Å². The molecule has 1 unspecified atom stereocenters. The molecular weight excluding hydrogens is 218 g/mol. The van der Waals surface area contributed by atoms with E-state index in [0.717, 1.165) is 13.0 Å². The van der Waals surface area contributed by atoms with E-state index in [-0.39, 0.29) is 0 Å². The van der Waals surface area contributed by atoms with Crippen LogP contribution in [0.2, 0.25) is 0 Å². The van der Waals surface area contributed by atoms with Crippen LogP contribution in [0.1, 0.15) is 64.0 Å². The molecule has 0 spiro atoms. The maximum atomic E-state index is 3.71. The minimum absolute atomic E-state index is 0.695. The molecule has 1 rings (SSSR count). The molecule has 1 aromatic carbocycles. The average molecular weight is 247 g/mol. The first-order valence-corrected chi connectivity index (χ1v) is 7.61. The summed E-state index contributed by atoms with van der Waals surface area (Å²) in [6, 6.07) is 9.71. The van der Waals surface area contributed by atoms with Gasteiger partial charge < -0.3 is 5.32 Å². The molecule has 0 aromatic heterocycles. The van der Waals surface area contributed by atoms with Crippen LogP contribution in [0.4, 0.5) is 0 Å². The SMILES string of the molecule is CCCCC(CCC)NCc1ccc(CC)cc1. The van der Waals surface area contributed by atoms with Crippen LogP contribution in [-0.4, -0.2) is 6.04 Å². The predicted octanol–water partition coefficient (Wildman–Crippen LogP) is 4.70. The van der Waals surface area contributed by atoms with E-state index in [2.05, 4.69) is 50.4 Å². The van der Waals surface area contributed by atoms with Crippen LogP contribution in [0.25, 0.3) is 0 Å². The van der Waals surface area contributed by atoms with Crippen LogP contribution in [-0.2, 0) is 13.0 Å². The van der Waals surface area contributed by atoms with Gasteiger partial charge in [0.15, 0.2) is 0 Å². The van der Waals surface area contributed by atoms with E-state index in [1.165, 1.54) is 43.2 Å². The lowest BCUT2D eigenvalue weighted by molar-refractivity contribution is 0.434. The van der Waals surface area contributed by atoms with E-state index >= 15 is 0 Å². The zero-order chi connectivity index (χ0) is 13.2. The molecule has 0 saturated heterocycles. The number of benzene rings is 1. The molecule has 102 valence electrons. The highest BCUT2D eigenvalue weighted by molar-refractivity contribution is 5.22. The number of rotatable bonds is 9. The molecule has 0 fully saturated rings. The van der Waals surface area contributed by atoms with Crippen LogP contribution >= 0.6 is 0 Å². The quantitative estimate of drug-likeness (QED) is 0.667. The fraction of sp³-hybridized carbons (Fsp3) is 0.647. The van der Waals surface area contributed by atoms with Crippen molar-refractivity contribution in [2.24, 2.45) is 0 Å². The summed E-state index contributed by atoms with van der Waals surface area (Å²) < 4.78 is 0. The minimum atomic E-state index is 0.695. The maximum absolute atomic E-state index is 3.71. The minimum Gasteiger partial charge on any atom is -0.310 e. The van der Waals surface area contributed by atoms with Gasteiger partial charge in [-0.25, -0.2) is 0 Å². The molecule has 1 atom stereocenters. The molecule has 1 N–H and O–H groups in total. The van der Waals surface area contributed by atoms with Gasteiger partial charge >= 0.3 is 0 Å². The van der Waals surface area contributed by atoms with Crippen molar-refractivity contribution in [3.63, 3.8) is 0 Å². The lowest BCUT2D eigenvalue weighted by Gasteiger charge is -2.18. The van der Waals surface area contributed by atoms with Crippen molar-refractivity contribution in [1.82, 2.24) is 5.32 Å². The van der Waals surface area contributed by atoms with E-state index in [0.29, 0.717) is 6.04 Å². The third kappa shape index (κ3) is 5.68. The molecule has 0 heterocycles. The van der Waals surface area contributed by atoms with Crippen molar-refractivity contribution < 1.29 is 0 Å². The first kappa shape index (κ1) is 15.2. The third-order valence-electron chi connectivity index (χ3n) is 3.57. The van der Waals surface area contributed by atoms with Crippen LogP contribution in [0.5, 0.6) is 0 Å². The second-order valence-corrected chi connectivity index (χ2v) is 5.18. The Hall–Kier alpha value is -0.820. The molecule has 0 bridgehead atoms. The maximum Gasteiger partial charge on any atom is 0.0208 e. The zero-order valence-electron chi connectivity index (χ0n) is 12.3. The van der Waals surface area contributed by atoms with Gasteiger partial charge in [-0.15, -0.1) is 0 Å². The smallest absolute Gasteiger partial charge is 0.0208 e. The molecule has 0 aliphatic heterocycles. The largest absolute Gasteiger partial charge is 0.310 e. The van der Waals surface area contributed by atoms with Gasteiger partial charge in [-0.3, -0.25) is 0 Å². The summed E-state index contributed by atoms with van der Waals surface area (Å²) in [5.74, 6) is 0. The van der Waals surface area contributed by atoms with E-state index in [9.17, 15) is 0 Å². The predicted molar refractivity (Wildman–Crippen MR) is 80.9 cm³/mol. The lowest BCUT2D eigenvalue weighted by Crippen LogP contribution is -2.28. The standard InChI is InChI=1S/C17H29N/c1-4-7-9-17(8-5-2)18-14-16-12-10-15(6-3)11-13-16/h10-13,17-18H,4-9,14H2,1-3H3. The summed E-state index contributed by atoms with van der Waals surface area (Å²) in [4.78, 5) is 0. The molecule has 0 saturated carbocycles. The second kappa shape index (κ2) is 9.16. The highest BCUT2D eigenvalue weighted by atomic mass is 14.9. The molecule has 1 nitrogen and oxygen atoms in total. The van der Waals surface area contributed by atoms with Crippen molar-refractivity contribution in [3.05, 3.63) is 35.4 Å². The first-order chi connectivity index (χ1) is 8.80. The normalized spacial score (nSPS) is 12.6. The summed E-state index contributed by atoms with van der Waals surface area (Å²) in [5.41, 5.74) is 2.83. The van der Waals surface area contributed by atoms with Crippen molar-refractivity contribution >= 4 is 0 Å². The van der Waals surface area contributed by atoms with Crippen molar-refractivity contribution in [2.45, 2.75) is 71.9 Å². The summed E-state index contributed by atoms with van der Waals surface area (Å²) in [5, 5.41) is 3.71. The van der Waals surface area contributed by atoms with Gasteiger partial charge in [0.2, 0.25) is 0 Å². The Morgan fingerprint density at radius 1 is 0.889 bits per heavy atom. The Bertz CT molecular complexity index is 302. The summed E-state index contributed by atoms with van der Waals surface area (Å²) in [7, 11) is 0. The van der Waals surface area contributed by atoms with Gasteiger partial charge in [0.25, 0.3) is 0 Å². The molecule has 1 heteroatoms. The van der Waals surface area contributed by atoms with Crippen molar-refractivity contribution in [2.75, 3.05) is 0 Å². The van der Waals surface area contributed by atoms with Crippen LogP contribution < -0.4 is 5.32 Å². The summed E-state index contributed by atoms with van der Waals surface area (Å²) in [6.07, 6.45) is 7.66. The Morgan fingerprint density at radius 2 is 1.56 bits per heavy atom. The van der Waals surface area contributed by atoms with E-state index in [1.54, 1.807) is 0 Å². The zero-order valence-corrected chi connectivity index (χ0v) is 12.3. The van der Waals surface area contributed by atoms with Crippen LogP contribution in [0, 0.1) is 0 Å². The Balaban J connectivity index is 2.39. The van der Waals surface area contributed by atoms with Gasteiger partial charge in [-0.2, -0.15) is 0 Å². The molecule has 1 aromatic rings. The molecule has 18 heavy (non-hydrogen) atoms. The van der Waals surface area contributed by atoms with Gasteiger partial charge in [-0.05, 0) is 30.4 Å². The van der Waals surface area contributed by atoms with Crippen LogP contribution in [0.15, 0.2) is 24.3 Å².